The van der Waals surface area contributed by atoms with Crippen LogP contribution in [0, 0.1) is 5.82 Å². The third-order valence-corrected chi connectivity index (χ3v) is 4.34. The number of fused-ring (bicyclic) bond motifs is 1. The predicted octanol–water partition coefficient (Wildman–Crippen LogP) is 3.18. The van der Waals surface area contributed by atoms with Gasteiger partial charge < -0.3 is 14.8 Å². The zero-order chi connectivity index (χ0) is 18.1. The van der Waals surface area contributed by atoms with Gasteiger partial charge in [0.25, 0.3) is 0 Å². The number of halogens is 1. The van der Waals surface area contributed by atoms with Gasteiger partial charge in [-0.1, -0.05) is 18.2 Å². The van der Waals surface area contributed by atoms with Gasteiger partial charge in [-0.3, -0.25) is 5.32 Å². The number of H-pyrrole nitrogens is 1. The molecule has 3 heterocycles. The highest BCUT2D eigenvalue weighted by molar-refractivity contribution is 5.88. The zero-order valence-electron chi connectivity index (χ0n) is 13.7. The maximum atomic E-state index is 13.7. The van der Waals surface area contributed by atoms with E-state index in [0.717, 1.165) is 11.1 Å². The lowest BCUT2D eigenvalue weighted by Crippen LogP contribution is -2.37. The van der Waals surface area contributed by atoms with Gasteiger partial charge in [0.1, 0.15) is 17.2 Å². The first-order valence-corrected chi connectivity index (χ1v) is 8.15. The molecule has 6 nitrogen and oxygen atoms in total. The van der Waals surface area contributed by atoms with Crippen molar-refractivity contribution in [1.82, 2.24) is 15.3 Å². The minimum atomic E-state index is -0.947. The van der Waals surface area contributed by atoms with Crippen molar-refractivity contribution in [2.24, 2.45) is 0 Å². The molecule has 1 unspecified atom stereocenters. The van der Waals surface area contributed by atoms with Gasteiger partial charge in [0, 0.05) is 19.2 Å². The number of carbonyl (C=O) groups is 1. The Balaban J connectivity index is 1.49. The van der Waals surface area contributed by atoms with Crippen LogP contribution in [0.25, 0.3) is 16.6 Å². The summed E-state index contributed by atoms with van der Waals surface area (Å²) in [5, 5.41) is 12.6. The van der Waals surface area contributed by atoms with Crippen LogP contribution in [0.1, 0.15) is 22.3 Å². The van der Waals surface area contributed by atoms with E-state index in [2.05, 4.69) is 15.3 Å². The lowest BCUT2D eigenvalue weighted by molar-refractivity contribution is 0.0697. The highest BCUT2D eigenvalue weighted by Crippen LogP contribution is 2.26. The Morgan fingerprint density at radius 2 is 2.12 bits per heavy atom. The molecule has 1 atom stereocenters. The van der Waals surface area contributed by atoms with Gasteiger partial charge in [0.2, 0.25) is 0 Å². The van der Waals surface area contributed by atoms with E-state index in [1.54, 1.807) is 36.5 Å². The monoisotopic (exact) mass is 353 g/mol. The van der Waals surface area contributed by atoms with Crippen molar-refractivity contribution in [2.75, 3.05) is 6.54 Å². The Morgan fingerprint density at radius 1 is 1.31 bits per heavy atom. The van der Waals surface area contributed by atoms with E-state index >= 15 is 0 Å². The molecule has 1 aliphatic heterocycles. The van der Waals surface area contributed by atoms with Crippen LogP contribution in [0.4, 0.5) is 4.39 Å². The number of carboxylic acid groups (broad SMARTS) is 1. The van der Waals surface area contributed by atoms with Gasteiger partial charge in [0.15, 0.2) is 6.23 Å². The molecule has 1 aliphatic rings. The average Bonchev–Trinajstić information content (AvgIpc) is 3.03. The molecular formula is C19H16FN3O3. The van der Waals surface area contributed by atoms with Crippen LogP contribution in [0.3, 0.4) is 0 Å². The fourth-order valence-corrected chi connectivity index (χ4v) is 3.00. The minimum Gasteiger partial charge on any atom is -0.478 e. The summed E-state index contributed by atoms with van der Waals surface area (Å²) in [5.74, 6) is -0.832. The van der Waals surface area contributed by atoms with Crippen molar-refractivity contribution in [3.05, 3.63) is 65.7 Å². The first-order chi connectivity index (χ1) is 12.6. The number of aromatic nitrogens is 2. The van der Waals surface area contributed by atoms with Gasteiger partial charge in [0.05, 0.1) is 17.1 Å². The van der Waals surface area contributed by atoms with Crippen LogP contribution in [0.5, 0.6) is 5.75 Å². The normalized spacial score (nSPS) is 17.1. The van der Waals surface area contributed by atoms with Crippen molar-refractivity contribution >= 4 is 22.6 Å². The summed E-state index contributed by atoms with van der Waals surface area (Å²) in [6.07, 6.45) is 5.18. The number of benzene rings is 1. The Bertz CT molecular complexity index is 995. The van der Waals surface area contributed by atoms with Crippen LogP contribution in [-0.4, -0.2) is 33.8 Å². The smallest absolute Gasteiger partial charge is 0.335 e. The van der Waals surface area contributed by atoms with E-state index in [0.29, 0.717) is 29.7 Å². The topological polar surface area (TPSA) is 87.2 Å². The van der Waals surface area contributed by atoms with Crippen LogP contribution in [-0.2, 0) is 0 Å². The number of nitrogens with one attached hydrogen (secondary N) is 2. The summed E-state index contributed by atoms with van der Waals surface area (Å²) in [6, 6.07) is 8.38. The molecule has 7 heteroatoms. The number of aromatic amines is 1. The number of hydrogen-bond acceptors (Lipinski definition) is 4. The number of rotatable bonds is 4. The second-order valence-corrected chi connectivity index (χ2v) is 6.03. The molecule has 132 valence electrons. The Morgan fingerprint density at radius 3 is 2.88 bits per heavy atom. The second kappa shape index (κ2) is 6.61. The van der Waals surface area contributed by atoms with Crippen LogP contribution in [0.15, 0.2) is 48.8 Å². The van der Waals surface area contributed by atoms with E-state index in [9.17, 15) is 9.18 Å². The molecule has 0 aliphatic carbocycles. The maximum absolute atomic E-state index is 13.7. The predicted molar refractivity (Wildman–Crippen MR) is 94.5 cm³/mol. The maximum Gasteiger partial charge on any atom is 0.335 e. The van der Waals surface area contributed by atoms with E-state index in [1.807, 2.05) is 6.08 Å². The number of carboxylic acids is 1. The number of ether oxygens (including phenoxy) is 1. The average molecular weight is 353 g/mol. The van der Waals surface area contributed by atoms with Gasteiger partial charge in [-0.2, -0.15) is 0 Å². The first-order valence-electron chi connectivity index (χ1n) is 8.15. The molecule has 2 aromatic heterocycles. The Labute approximate surface area is 148 Å². The molecule has 26 heavy (non-hydrogen) atoms. The largest absolute Gasteiger partial charge is 0.478 e. The molecule has 3 aromatic rings. The summed E-state index contributed by atoms with van der Waals surface area (Å²) >= 11 is 0. The zero-order valence-corrected chi connectivity index (χ0v) is 13.7. The van der Waals surface area contributed by atoms with E-state index in [1.165, 1.54) is 6.20 Å². The molecule has 3 N–H and O–H groups in total. The van der Waals surface area contributed by atoms with E-state index in [-0.39, 0.29) is 17.6 Å². The molecular weight excluding hydrogens is 337 g/mol. The standard InChI is InChI=1S/C19H16FN3O3/c20-16-10-23-18-15(16)8-14(9-22-18)26-17-7-13(5-6-21-17)11-1-3-12(4-2-11)19(24)25/h1-5,8-10,17,21H,6-7H2,(H,22,23)(H,24,25). The molecule has 0 radical (unpaired) electrons. The van der Waals surface area contributed by atoms with Crippen molar-refractivity contribution in [3.63, 3.8) is 0 Å². The molecule has 1 aromatic carbocycles. The lowest BCUT2D eigenvalue weighted by atomic mass is 9.98. The highest BCUT2D eigenvalue weighted by Gasteiger charge is 2.18. The van der Waals surface area contributed by atoms with Crippen molar-refractivity contribution in [1.29, 1.82) is 0 Å². The lowest BCUT2D eigenvalue weighted by Gasteiger charge is -2.25. The molecule has 0 fully saturated rings. The molecule has 0 saturated carbocycles. The van der Waals surface area contributed by atoms with E-state index < -0.39 is 5.97 Å². The first kappa shape index (κ1) is 16.3. The van der Waals surface area contributed by atoms with Crippen LogP contribution < -0.4 is 10.1 Å². The van der Waals surface area contributed by atoms with Gasteiger partial charge in [-0.05, 0) is 29.3 Å². The third-order valence-electron chi connectivity index (χ3n) is 4.34. The molecule has 4 rings (SSSR count). The molecule has 0 saturated heterocycles. The van der Waals surface area contributed by atoms with Crippen LogP contribution >= 0.6 is 0 Å². The summed E-state index contributed by atoms with van der Waals surface area (Å²) in [7, 11) is 0. The van der Waals surface area contributed by atoms with Gasteiger partial charge >= 0.3 is 5.97 Å². The second-order valence-electron chi connectivity index (χ2n) is 6.03. The highest BCUT2D eigenvalue weighted by atomic mass is 19.1. The third kappa shape index (κ3) is 3.16. The summed E-state index contributed by atoms with van der Waals surface area (Å²) in [4.78, 5) is 17.9. The van der Waals surface area contributed by atoms with Gasteiger partial charge in [-0.15, -0.1) is 0 Å². The van der Waals surface area contributed by atoms with Crippen molar-refractivity contribution in [3.8, 4) is 5.75 Å². The number of nitrogens with zero attached hydrogens (tertiary/aromatic N) is 1. The number of hydrogen-bond donors (Lipinski definition) is 3. The molecule has 0 bridgehead atoms. The summed E-state index contributed by atoms with van der Waals surface area (Å²) in [6.45, 7) is 0.620. The minimum absolute atomic E-state index is 0.254. The van der Waals surface area contributed by atoms with Crippen LogP contribution in [0.2, 0.25) is 0 Å². The fourth-order valence-electron chi connectivity index (χ4n) is 3.00. The van der Waals surface area contributed by atoms with Gasteiger partial charge in [-0.25, -0.2) is 14.2 Å². The number of pyridine rings is 1. The van der Waals surface area contributed by atoms with E-state index in [4.69, 9.17) is 9.84 Å². The van der Waals surface area contributed by atoms with Crippen molar-refractivity contribution in [2.45, 2.75) is 12.6 Å². The van der Waals surface area contributed by atoms with Crippen molar-refractivity contribution < 1.29 is 19.0 Å². The Kier molecular flexibility index (Phi) is 4.14. The SMILES string of the molecule is O=C(O)c1ccc(C2=CCNC(Oc3cnc4[nH]cc(F)c4c3)C2)cc1. The molecule has 0 spiro atoms. The molecule has 0 amide bonds. The summed E-state index contributed by atoms with van der Waals surface area (Å²) in [5.41, 5.74) is 2.75. The number of aromatic carboxylic acids is 1. The Hall–Kier alpha value is -3.19. The quantitative estimate of drug-likeness (QED) is 0.671. The summed E-state index contributed by atoms with van der Waals surface area (Å²) < 4.78 is 19.6. The fraction of sp³-hybridized carbons (Fsp3) is 0.158.